The molecule has 6 rings (SSSR count). The maximum atomic E-state index is 14.3. The van der Waals surface area contributed by atoms with Crippen molar-refractivity contribution in [2.24, 2.45) is 5.41 Å². The zero-order chi connectivity index (χ0) is 26.7. The van der Waals surface area contributed by atoms with Crippen LogP contribution in [-0.4, -0.2) is 95.2 Å². The molecule has 5 fully saturated rings. The van der Waals surface area contributed by atoms with Gasteiger partial charge in [0, 0.05) is 45.1 Å². The van der Waals surface area contributed by atoms with Crippen molar-refractivity contribution in [3.8, 4) is 0 Å². The molecule has 12 heteroatoms. The Kier molecular flexibility index (Phi) is 6.60. The summed E-state index contributed by atoms with van der Waals surface area (Å²) in [4.78, 5) is 25.2. The summed E-state index contributed by atoms with van der Waals surface area (Å²) in [7, 11) is 1.69. The molecule has 38 heavy (non-hydrogen) atoms. The predicted octanol–water partition coefficient (Wildman–Crippen LogP) is 2.13. The van der Waals surface area contributed by atoms with Gasteiger partial charge in [-0.3, -0.25) is 4.79 Å². The molecule has 0 unspecified atom stereocenters. The number of hydrogen-bond acceptors (Lipinski definition) is 8. The summed E-state index contributed by atoms with van der Waals surface area (Å²) < 4.78 is 50.6. The number of carbonyl (C=O) groups excluding carboxylic acids is 1. The Hall–Kier alpha value is -2.02. The van der Waals surface area contributed by atoms with E-state index in [1.807, 2.05) is 9.80 Å². The Balaban J connectivity index is 1.17. The quantitative estimate of drug-likeness (QED) is 0.568. The number of fused-ring (bicyclic) bond motifs is 2. The summed E-state index contributed by atoms with van der Waals surface area (Å²) in [6, 6.07) is 1.52. The van der Waals surface area contributed by atoms with Crippen molar-refractivity contribution in [3.05, 3.63) is 18.1 Å². The number of halogens is 3. The highest BCUT2D eigenvalue weighted by Gasteiger charge is 2.64. The van der Waals surface area contributed by atoms with Crippen LogP contribution in [-0.2, 0) is 20.4 Å². The monoisotopic (exact) mass is 539 g/mol. The maximum Gasteiger partial charge on any atom is 0.451 e. The molecule has 5 aliphatic rings. The topological polar surface area (TPSA) is 100 Å². The van der Waals surface area contributed by atoms with Gasteiger partial charge in [0.05, 0.1) is 35.8 Å². The molecule has 3 saturated heterocycles. The number of piperazine rings is 1. The van der Waals surface area contributed by atoms with Crippen LogP contribution in [0.3, 0.4) is 0 Å². The highest BCUT2D eigenvalue weighted by molar-refractivity contribution is 5.86. The van der Waals surface area contributed by atoms with Gasteiger partial charge in [-0.05, 0) is 57.4 Å². The molecule has 6 atom stereocenters. The number of ether oxygens (including phenoxy) is 2. The summed E-state index contributed by atoms with van der Waals surface area (Å²) in [5, 5.41) is 15.4. The third-order valence-corrected chi connectivity index (χ3v) is 9.74. The van der Waals surface area contributed by atoms with Crippen LogP contribution < -0.4 is 10.2 Å². The van der Waals surface area contributed by atoms with Gasteiger partial charge in [0.25, 0.3) is 0 Å². The first-order chi connectivity index (χ1) is 18.1. The minimum Gasteiger partial charge on any atom is -0.389 e. The van der Waals surface area contributed by atoms with Crippen molar-refractivity contribution in [1.29, 1.82) is 0 Å². The largest absolute Gasteiger partial charge is 0.451 e. The average molecular weight is 540 g/mol. The molecular weight excluding hydrogens is 503 g/mol. The summed E-state index contributed by atoms with van der Waals surface area (Å²) >= 11 is 0. The summed E-state index contributed by atoms with van der Waals surface area (Å²) in [6.45, 7) is 2.07. The van der Waals surface area contributed by atoms with E-state index in [1.54, 1.807) is 7.11 Å². The first-order valence-corrected chi connectivity index (χ1v) is 13.7. The minimum atomic E-state index is -4.61. The molecule has 3 aliphatic heterocycles. The molecule has 210 valence electrons. The summed E-state index contributed by atoms with van der Waals surface area (Å²) in [5.41, 5.74) is -1.85. The van der Waals surface area contributed by atoms with E-state index in [-0.39, 0.29) is 42.0 Å². The molecule has 2 N–H and O–H groups in total. The Labute approximate surface area is 220 Å². The van der Waals surface area contributed by atoms with Crippen LogP contribution in [0.1, 0.15) is 57.2 Å². The fourth-order valence-electron chi connectivity index (χ4n) is 7.55. The first kappa shape index (κ1) is 26.2. The van der Waals surface area contributed by atoms with Gasteiger partial charge in [-0.15, -0.1) is 0 Å². The third-order valence-electron chi connectivity index (χ3n) is 9.74. The second-order valence-electron chi connectivity index (χ2n) is 11.7. The summed E-state index contributed by atoms with van der Waals surface area (Å²) in [6.07, 6.45) is 2.17. The third kappa shape index (κ3) is 4.28. The molecule has 0 spiro atoms. The molecule has 2 aliphatic carbocycles. The van der Waals surface area contributed by atoms with E-state index >= 15 is 0 Å². The Morgan fingerprint density at radius 2 is 2.05 bits per heavy atom. The molecular formula is C26H36F3N5O4. The van der Waals surface area contributed by atoms with Crippen molar-refractivity contribution < 1.29 is 32.5 Å². The highest BCUT2D eigenvalue weighted by atomic mass is 19.4. The van der Waals surface area contributed by atoms with Crippen LogP contribution in [0, 0.1) is 5.41 Å². The van der Waals surface area contributed by atoms with Crippen molar-refractivity contribution in [2.45, 2.75) is 93.4 Å². The molecule has 2 saturated carbocycles. The van der Waals surface area contributed by atoms with Crippen LogP contribution in [0.25, 0.3) is 0 Å². The average Bonchev–Trinajstić information content (AvgIpc) is 3.62. The van der Waals surface area contributed by atoms with Crippen molar-refractivity contribution >= 4 is 11.7 Å². The molecule has 1 aromatic heterocycles. The smallest absolute Gasteiger partial charge is 0.389 e. The molecule has 0 radical (unpaired) electrons. The van der Waals surface area contributed by atoms with Gasteiger partial charge in [-0.2, -0.15) is 13.2 Å². The van der Waals surface area contributed by atoms with Crippen molar-refractivity contribution in [3.63, 3.8) is 0 Å². The number of carbonyl (C=O) groups is 1. The van der Waals surface area contributed by atoms with E-state index in [2.05, 4.69) is 15.3 Å². The van der Waals surface area contributed by atoms with Gasteiger partial charge in [0.2, 0.25) is 11.7 Å². The van der Waals surface area contributed by atoms with Gasteiger partial charge < -0.3 is 29.7 Å². The van der Waals surface area contributed by atoms with E-state index in [1.165, 1.54) is 6.07 Å². The Morgan fingerprint density at radius 1 is 1.24 bits per heavy atom. The van der Waals surface area contributed by atoms with E-state index < -0.39 is 23.0 Å². The number of amides is 1. The zero-order valence-corrected chi connectivity index (χ0v) is 21.6. The van der Waals surface area contributed by atoms with Crippen LogP contribution in [0.2, 0.25) is 0 Å². The molecule has 9 nitrogen and oxygen atoms in total. The van der Waals surface area contributed by atoms with E-state index in [0.717, 1.165) is 25.5 Å². The van der Waals surface area contributed by atoms with Gasteiger partial charge in [-0.25, -0.2) is 9.97 Å². The van der Waals surface area contributed by atoms with Crippen LogP contribution in [0.4, 0.5) is 19.0 Å². The fourth-order valence-corrected chi connectivity index (χ4v) is 7.55. The molecule has 2 bridgehead atoms. The molecule has 1 amide bonds. The van der Waals surface area contributed by atoms with E-state index in [4.69, 9.17) is 9.47 Å². The number of aliphatic hydroxyl groups is 1. The molecule has 0 aromatic carbocycles. The lowest BCUT2D eigenvalue weighted by Crippen LogP contribution is -2.63. The van der Waals surface area contributed by atoms with Crippen LogP contribution in [0.15, 0.2) is 12.3 Å². The lowest BCUT2D eigenvalue weighted by atomic mass is 9.59. The number of alkyl halides is 3. The number of methoxy groups -OCH3 is 1. The lowest BCUT2D eigenvalue weighted by molar-refractivity contribution is -0.178. The van der Waals surface area contributed by atoms with Gasteiger partial charge in [-0.1, -0.05) is 0 Å². The van der Waals surface area contributed by atoms with Crippen molar-refractivity contribution in [2.75, 3.05) is 38.3 Å². The standard InChI is InChI=1S/C26H36F3N5O4/c1-37-20-15-38-10-5-19(20)31-16-3-8-24(12-16,25(36)6-2-7-25)23(35)34-14-17-11-18(34)13-33(17)21-4-9-30-22(32-21)26(27,28)29/h4,9,16-20,31,36H,2-3,5-8,10-15H2,1H3/t16-,17+,18+,19+,20-,24-/m1/s1. The minimum absolute atomic E-state index is 0.00471. The SMILES string of the molecule is CO[C@@H]1COCC[C@@H]1N[C@@H]1CC[C@@](C(=O)N2C[C@@H]3C[C@H]2CN3c2ccnc(C(F)(F)F)n2)(C2(O)CCC2)C1. The number of nitrogens with one attached hydrogen (secondary N) is 1. The van der Waals surface area contributed by atoms with E-state index in [9.17, 15) is 23.1 Å². The highest BCUT2D eigenvalue weighted by Crippen LogP contribution is 2.57. The lowest BCUT2D eigenvalue weighted by Gasteiger charge is -2.52. The Morgan fingerprint density at radius 3 is 2.71 bits per heavy atom. The number of nitrogens with zero attached hydrogens (tertiary/aromatic N) is 4. The second kappa shape index (κ2) is 9.57. The van der Waals surface area contributed by atoms with Gasteiger partial charge in [0.15, 0.2) is 0 Å². The van der Waals surface area contributed by atoms with Crippen LogP contribution >= 0.6 is 0 Å². The number of anilines is 1. The molecule has 4 heterocycles. The normalized spacial score (nSPS) is 36.5. The maximum absolute atomic E-state index is 14.3. The zero-order valence-electron chi connectivity index (χ0n) is 21.6. The van der Waals surface area contributed by atoms with Gasteiger partial charge in [0.1, 0.15) is 5.82 Å². The number of aromatic nitrogens is 2. The summed E-state index contributed by atoms with van der Waals surface area (Å²) in [5.74, 6) is -0.903. The molecule has 1 aromatic rings. The first-order valence-electron chi connectivity index (χ1n) is 13.7. The fraction of sp³-hybridized carbons (Fsp3) is 0.808. The number of rotatable bonds is 6. The van der Waals surface area contributed by atoms with Crippen LogP contribution in [0.5, 0.6) is 0 Å². The van der Waals surface area contributed by atoms with Crippen molar-refractivity contribution in [1.82, 2.24) is 20.2 Å². The Bertz CT molecular complexity index is 1060. The van der Waals surface area contributed by atoms with E-state index in [0.29, 0.717) is 58.4 Å². The van der Waals surface area contributed by atoms with Gasteiger partial charge >= 0.3 is 6.18 Å². The number of hydrogen-bond donors (Lipinski definition) is 2. The second-order valence-corrected chi connectivity index (χ2v) is 11.7. The predicted molar refractivity (Wildman–Crippen MR) is 130 cm³/mol. The number of likely N-dealkylation sites (tertiary alicyclic amines) is 1.